The number of piperidine rings is 1. The molecule has 146 valence electrons. The lowest BCUT2D eigenvalue weighted by Crippen LogP contribution is -2.38. The highest BCUT2D eigenvalue weighted by Crippen LogP contribution is 2.22. The number of aromatic nitrogens is 1. The van der Waals surface area contributed by atoms with Crippen molar-refractivity contribution in [3.8, 4) is 0 Å². The van der Waals surface area contributed by atoms with Crippen molar-refractivity contribution < 1.29 is 14.0 Å². The van der Waals surface area contributed by atoms with Crippen LogP contribution in [0.2, 0.25) is 0 Å². The fourth-order valence-corrected chi connectivity index (χ4v) is 3.16. The third kappa shape index (κ3) is 5.94. The van der Waals surface area contributed by atoms with E-state index < -0.39 is 0 Å². The van der Waals surface area contributed by atoms with Crippen LogP contribution in [0.3, 0.4) is 0 Å². The molecule has 6 nitrogen and oxygen atoms in total. The first-order valence-electron chi connectivity index (χ1n) is 9.56. The molecule has 1 aliphatic heterocycles. The van der Waals surface area contributed by atoms with Crippen LogP contribution in [-0.4, -0.2) is 41.3 Å². The van der Waals surface area contributed by atoms with E-state index in [2.05, 4.69) is 16.4 Å². The summed E-state index contributed by atoms with van der Waals surface area (Å²) in [5.74, 6) is 0.823. The molecule has 0 bridgehead atoms. The molecule has 2 aromatic rings. The standard InChI is InChI=1S/C22H25N3O3/c26-21(9-8-19-6-3-12-23-17-19)24-13-2-1-5-18-10-14-25(15-11-18)22(27)20-7-4-16-28-20/h1-4,6-9,12,16-18H,5,10-11,13-15H2,(H,24,26)/b2-1+,9-8+. The molecule has 0 atom stereocenters. The highest BCUT2D eigenvalue weighted by molar-refractivity contribution is 5.92. The number of carbonyl (C=O) groups excluding carboxylic acids is 2. The third-order valence-electron chi connectivity index (χ3n) is 4.78. The Balaban J connectivity index is 1.31. The van der Waals surface area contributed by atoms with Crippen LogP contribution in [0.15, 0.2) is 65.6 Å². The lowest BCUT2D eigenvalue weighted by Gasteiger charge is -2.31. The predicted molar refractivity (Wildman–Crippen MR) is 107 cm³/mol. The fourth-order valence-electron chi connectivity index (χ4n) is 3.16. The second kappa shape index (κ2) is 10.3. The predicted octanol–water partition coefficient (Wildman–Crippen LogP) is 3.30. The van der Waals surface area contributed by atoms with Crippen LogP contribution in [0, 0.1) is 5.92 Å². The van der Waals surface area contributed by atoms with E-state index in [1.165, 1.54) is 12.3 Å². The Morgan fingerprint density at radius 2 is 2.07 bits per heavy atom. The molecule has 2 aromatic heterocycles. The number of hydrogen-bond acceptors (Lipinski definition) is 4. The van der Waals surface area contributed by atoms with Crippen molar-refractivity contribution in [3.63, 3.8) is 0 Å². The molecule has 2 amide bonds. The van der Waals surface area contributed by atoms with Gasteiger partial charge in [0.05, 0.1) is 6.26 Å². The van der Waals surface area contributed by atoms with Crippen LogP contribution in [-0.2, 0) is 4.79 Å². The first-order chi connectivity index (χ1) is 13.7. The van der Waals surface area contributed by atoms with Gasteiger partial charge in [-0.2, -0.15) is 0 Å². The Morgan fingerprint density at radius 1 is 1.21 bits per heavy atom. The summed E-state index contributed by atoms with van der Waals surface area (Å²) >= 11 is 0. The quantitative estimate of drug-likeness (QED) is 0.592. The van der Waals surface area contributed by atoms with E-state index in [1.54, 1.807) is 30.6 Å². The summed E-state index contributed by atoms with van der Waals surface area (Å²) in [4.78, 5) is 29.9. The number of pyridine rings is 1. The summed E-state index contributed by atoms with van der Waals surface area (Å²) in [5.41, 5.74) is 0.894. The third-order valence-corrected chi connectivity index (χ3v) is 4.78. The smallest absolute Gasteiger partial charge is 0.289 e. The van der Waals surface area contributed by atoms with Gasteiger partial charge in [-0.25, -0.2) is 0 Å². The van der Waals surface area contributed by atoms with Crippen LogP contribution < -0.4 is 5.32 Å². The van der Waals surface area contributed by atoms with Gasteiger partial charge in [0, 0.05) is 38.1 Å². The van der Waals surface area contributed by atoms with Gasteiger partial charge in [0.25, 0.3) is 5.91 Å². The van der Waals surface area contributed by atoms with Crippen molar-refractivity contribution in [2.45, 2.75) is 19.3 Å². The van der Waals surface area contributed by atoms with Crippen LogP contribution in [0.1, 0.15) is 35.4 Å². The average Bonchev–Trinajstić information content (AvgIpc) is 3.28. The Morgan fingerprint density at radius 3 is 2.79 bits per heavy atom. The van der Waals surface area contributed by atoms with Crippen LogP contribution in [0.25, 0.3) is 6.08 Å². The Labute approximate surface area is 164 Å². The van der Waals surface area contributed by atoms with E-state index in [1.807, 2.05) is 23.1 Å². The molecule has 0 aromatic carbocycles. The van der Waals surface area contributed by atoms with Crippen LogP contribution in [0.4, 0.5) is 0 Å². The molecule has 6 heteroatoms. The molecule has 1 saturated heterocycles. The maximum atomic E-state index is 12.2. The number of rotatable bonds is 7. The second-order valence-corrected chi connectivity index (χ2v) is 6.78. The molecule has 0 radical (unpaired) electrons. The van der Waals surface area contributed by atoms with Crippen molar-refractivity contribution in [2.24, 2.45) is 5.92 Å². The van der Waals surface area contributed by atoms with Gasteiger partial charge in [-0.05, 0) is 55.0 Å². The van der Waals surface area contributed by atoms with Gasteiger partial charge in [-0.1, -0.05) is 18.2 Å². The molecule has 1 N–H and O–H groups in total. The zero-order valence-electron chi connectivity index (χ0n) is 15.8. The van der Waals surface area contributed by atoms with E-state index in [0.717, 1.165) is 37.9 Å². The van der Waals surface area contributed by atoms with Crippen LogP contribution in [0.5, 0.6) is 0 Å². The molecule has 1 fully saturated rings. The molecule has 1 aliphatic rings. The number of nitrogens with zero attached hydrogens (tertiary/aromatic N) is 2. The monoisotopic (exact) mass is 379 g/mol. The summed E-state index contributed by atoms with van der Waals surface area (Å²) in [6, 6.07) is 7.16. The summed E-state index contributed by atoms with van der Waals surface area (Å²) < 4.78 is 5.18. The molecule has 0 aliphatic carbocycles. The Kier molecular flexibility index (Phi) is 7.18. The SMILES string of the molecule is O=C(/C=C/c1cccnc1)NC/C=C/CC1CCN(C(=O)c2ccco2)CC1. The largest absolute Gasteiger partial charge is 0.459 e. The zero-order valence-corrected chi connectivity index (χ0v) is 15.8. The number of likely N-dealkylation sites (tertiary alicyclic amines) is 1. The molecule has 3 heterocycles. The Hall–Kier alpha value is -3.15. The summed E-state index contributed by atoms with van der Waals surface area (Å²) in [5, 5.41) is 2.83. The van der Waals surface area contributed by atoms with E-state index in [4.69, 9.17) is 4.42 Å². The normalized spacial score (nSPS) is 15.4. The van der Waals surface area contributed by atoms with Crippen molar-refractivity contribution in [1.82, 2.24) is 15.2 Å². The highest BCUT2D eigenvalue weighted by atomic mass is 16.3. The molecule has 0 saturated carbocycles. The van der Waals surface area contributed by atoms with Gasteiger partial charge < -0.3 is 14.6 Å². The maximum absolute atomic E-state index is 12.2. The number of hydrogen-bond donors (Lipinski definition) is 1. The van der Waals surface area contributed by atoms with Gasteiger partial charge >= 0.3 is 0 Å². The van der Waals surface area contributed by atoms with Crippen molar-refractivity contribution in [2.75, 3.05) is 19.6 Å². The minimum Gasteiger partial charge on any atom is -0.459 e. The average molecular weight is 379 g/mol. The molecule has 28 heavy (non-hydrogen) atoms. The molecule has 0 spiro atoms. The topological polar surface area (TPSA) is 75.4 Å². The van der Waals surface area contributed by atoms with Crippen molar-refractivity contribution in [3.05, 3.63) is 72.5 Å². The lowest BCUT2D eigenvalue weighted by molar-refractivity contribution is -0.116. The van der Waals surface area contributed by atoms with E-state index >= 15 is 0 Å². The first-order valence-corrected chi connectivity index (χ1v) is 9.56. The van der Waals surface area contributed by atoms with Crippen molar-refractivity contribution in [1.29, 1.82) is 0 Å². The van der Waals surface area contributed by atoms with Crippen LogP contribution >= 0.6 is 0 Å². The minimum absolute atomic E-state index is 0.0268. The van der Waals surface area contributed by atoms with E-state index in [-0.39, 0.29) is 11.8 Å². The number of nitrogens with one attached hydrogen (secondary N) is 1. The van der Waals surface area contributed by atoms with Gasteiger partial charge in [-0.3, -0.25) is 14.6 Å². The second-order valence-electron chi connectivity index (χ2n) is 6.78. The lowest BCUT2D eigenvalue weighted by atomic mass is 9.93. The minimum atomic E-state index is -0.127. The molecular formula is C22H25N3O3. The molecule has 3 rings (SSSR count). The van der Waals surface area contributed by atoms with Gasteiger partial charge in [0.2, 0.25) is 5.91 Å². The fraction of sp³-hybridized carbons (Fsp3) is 0.318. The first kappa shape index (κ1) is 19.6. The Bertz CT molecular complexity index is 805. The highest BCUT2D eigenvalue weighted by Gasteiger charge is 2.24. The van der Waals surface area contributed by atoms with Gasteiger partial charge in [-0.15, -0.1) is 0 Å². The number of allylic oxidation sites excluding steroid dienone is 1. The van der Waals surface area contributed by atoms with Crippen molar-refractivity contribution >= 4 is 17.9 Å². The molecule has 0 unspecified atom stereocenters. The zero-order chi connectivity index (χ0) is 19.6. The van der Waals surface area contributed by atoms with Gasteiger partial charge in [0.1, 0.15) is 0 Å². The summed E-state index contributed by atoms with van der Waals surface area (Å²) in [6.45, 7) is 2.02. The number of carbonyl (C=O) groups is 2. The maximum Gasteiger partial charge on any atom is 0.289 e. The van der Waals surface area contributed by atoms with E-state index in [9.17, 15) is 9.59 Å². The summed E-state index contributed by atoms with van der Waals surface area (Å²) in [7, 11) is 0. The van der Waals surface area contributed by atoms with E-state index in [0.29, 0.717) is 18.2 Å². The van der Waals surface area contributed by atoms with Gasteiger partial charge in [0.15, 0.2) is 5.76 Å². The number of furan rings is 1. The number of amides is 2. The molecular weight excluding hydrogens is 354 g/mol. The summed E-state index contributed by atoms with van der Waals surface area (Å²) in [6.07, 6.45) is 15.2.